The van der Waals surface area contributed by atoms with Crippen LogP contribution >= 0.6 is 11.6 Å². The molecular formula is C7H3ClF3NO2. The van der Waals surface area contributed by atoms with Crippen molar-refractivity contribution in [3.8, 4) is 0 Å². The van der Waals surface area contributed by atoms with Gasteiger partial charge in [0, 0.05) is 6.07 Å². The number of nitrogens with one attached hydrogen (secondary N) is 1. The van der Waals surface area contributed by atoms with Gasteiger partial charge in [0.15, 0.2) is 0 Å². The third-order valence-electron chi connectivity index (χ3n) is 1.46. The first-order valence-corrected chi connectivity index (χ1v) is 3.72. The van der Waals surface area contributed by atoms with Gasteiger partial charge in [-0.15, -0.1) is 0 Å². The lowest BCUT2D eigenvalue weighted by Gasteiger charge is -2.04. The van der Waals surface area contributed by atoms with Gasteiger partial charge in [0.25, 0.3) is 17.2 Å². The summed E-state index contributed by atoms with van der Waals surface area (Å²) in [6.45, 7) is 0. The Morgan fingerprint density at radius 3 is 2.50 bits per heavy atom. The number of pyridine rings is 1. The number of carbonyl (C=O) groups is 1. The van der Waals surface area contributed by atoms with E-state index in [0.29, 0.717) is 6.07 Å². The van der Waals surface area contributed by atoms with E-state index in [-0.39, 0.29) is 0 Å². The molecule has 1 rings (SSSR count). The summed E-state index contributed by atoms with van der Waals surface area (Å²) >= 11 is 4.90. The Labute approximate surface area is 80.5 Å². The van der Waals surface area contributed by atoms with E-state index >= 15 is 0 Å². The zero-order valence-corrected chi connectivity index (χ0v) is 7.24. The topological polar surface area (TPSA) is 49.9 Å². The molecule has 0 aromatic carbocycles. The van der Waals surface area contributed by atoms with Gasteiger partial charge in [0.1, 0.15) is 0 Å². The van der Waals surface area contributed by atoms with Crippen LogP contribution in [0.15, 0.2) is 10.9 Å². The molecule has 3 nitrogen and oxygen atoms in total. The molecule has 0 aliphatic heterocycles. The highest BCUT2D eigenvalue weighted by molar-refractivity contribution is 6.67. The number of hydrogen-bond donors (Lipinski definition) is 1. The minimum Gasteiger partial charge on any atom is -0.298 e. The van der Waals surface area contributed by atoms with Crippen LogP contribution in [0.25, 0.3) is 0 Å². The monoisotopic (exact) mass is 225 g/mol. The average Bonchev–Trinajstić information content (AvgIpc) is 2.01. The highest BCUT2D eigenvalue weighted by Crippen LogP contribution is 2.24. The molecule has 0 atom stereocenters. The molecule has 76 valence electrons. The molecule has 7 heteroatoms. The predicted molar refractivity (Wildman–Crippen MR) is 42.2 cm³/mol. The second kappa shape index (κ2) is 3.83. The largest absolute Gasteiger partial charge is 0.298 e. The fourth-order valence-corrected chi connectivity index (χ4v) is 1.07. The quantitative estimate of drug-likeness (QED) is 0.617. The van der Waals surface area contributed by atoms with E-state index in [2.05, 4.69) is 0 Å². The van der Waals surface area contributed by atoms with Crippen LogP contribution in [-0.4, -0.2) is 10.2 Å². The van der Waals surface area contributed by atoms with Crippen molar-refractivity contribution >= 4 is 16.8 Å². The van der Waals surface area contributed by atoms with Crippen molar-refractivity contribution in [2.45, 2.75) is 6.43 Å². The maximum Gasteiger partial charge on any atom is 0.268 e. The third-order valence-corrected chi connectivity index (χ3v) is 1.67. The number of aromatic nitrogens is 1. The van der Waals surface area contributed by atoms with Gasteiger partial charge in [-0.25, -0.2) is 8.78 Å². The van der Waals surface area contributed by atoms with Crippen LogP contribution in [0.5, 0.6) is 0 Å². The SMILES string of the molecule is O=C(Cl)c1cc(=O)[nH]c(F)c1C(F)F. The number of rotatable bonds is 2. The summed E-state index contributed by atoms with van der Waals surface area (Å²) < 4.78 is 37.2. The second-order valence-electron chi connectivity index (χ2n) is 2.35. The second-order valence-corrected chi connectivity index (χ2v) is 2.69. The van der Waals surface area contributed by atoms with E-state index < -0.39 is 34.3 Å². The number of carbonyl (C=O) groups excluding carboxylic acids is 1. The molecule has 14 heavy (non-hydrogen) atoms. The molecule has 0 spiro atoms. The first kappa shape index (κ1) is 10.8. The predicted octanol–water partition coefficient (Wildman–Crippen LogP) is 1.83. The normalized spacial score (nSPS) is 10.6. The molecule has 0 unspecified atom stereocenters. The van der Waals surface area contributed by atoms with E-state index in [4.69, 9.17) is 11.6 Å². The van der Waals surface area contributed by atoms with Gasteiger partial charge >= 0.3 is 0 Å². The Kier molecular flexibility index (Phi) is 2.95. The summed E-state index contributed by atoms with van der Waals surface area (Å²) in [7, 11) is 0. The van der Waals surface area contributed by atoms with Crippen molar-refractivity contribution in [3.05, 3.63) is 33.5 Å². The molecule has 0 saturated carbocycles. The van der Waals surface area contributed by atoms with Crippen LogP contribution < -0.4 is 5.56 Å². The lowest BCUT2D eigenvalue weighted by molar-refractivity contribution is 0.106. The molecule has 0 fully saturated rings. The number of halogens is 4. The summed E-state index contributed by atoms with van der Waals surface area (Å²) in [4.78, 5) is 22.7. The third kappa shape index (κ3) is 1.95. The van der Waals surface area contributed by atoms with E-state index in [9.17, 15) is 22.8 Å². The first-order valence-electron chi connectivity index (χ1n) is 3.34. The highest BCUT2D eigenvalue weighted by Gasteiger charge is 2.22. The van der Waals surface area contributed by atoms with Crippen LogP contribution in [-0.2, 0) is 0 Å². The minimum absolute atomic E-state index is 0.528. The summed E-state index contributed by atoms with van der Waals surface area (Å²) in [5, 5.41) is -1.30. The summed E-state index contributed by atoms with van der Waals surface area (Å²) in [6, 6.07) is 0.528. The number of hydrogen-bond acceptors (Lipinski definition) is 2. The minimum atomic E-state index is -3.22. The molecule has 1 aromatic rings. The summed E-state index contributed by atoms with van der Waals surface area (Å²) in [5.74, 6) is -1.54. The van der Waals surface area contributed by atoms with Crippen LogP contribution in [0.3, 0.4) is 0 Å². The van der Waals surface area contributed by atoms with E-state index in [1.54, 1.807) is 0 Å². The molecule has 0 aliphatic carbocycles. The molecule has 0 radical (unpaired) electrons. The number of alkyl halides is 2. The van der Waals surface area contributed by atoms with Crippen molar-refractivity contribution in [1.29, 1.82) is 0 Å². The maximum atomic E-state index is 12.8. The molecule has 1 N–H and O–H groups in total. The lowest BCUT2D eigenvalue weighted by atomic mass is 10.1. The highest BCUT2D eigenvalue weighted by atomic mass is 35.5. The molecule has 0 amide bonds. The Balaban J connectivity index is 3.52. The fourth-order valence-electron chi connectivity index (χ4n) is 0.915. The van der Waals surface area contributed by atoms with Crippen LogP contribution in [0.2, 0.25) is 0 Å². The molecule has 0 aliphatic rings. The number of aromatic amines is 1. The standard InChI is InChI=1S/C7H3ClF3NO2/c8-5(14)2-1-3(13)12-7(11)4(2)6(9)10/h1,6H,(H,12,13). The maximum absolute atomic E-state index is 12.8. The molecule has 0 saturated heterocycles. The molecule has 1 heterocycles. The summed E-state index contributed by atoms with van der Waals surface area (Å²) in [6.07, 6.45) is -3.22. The molecule has 0 bridgehead atoms. The Hall–Kier alpha value is -1.30. The van der Waals surface area contributed by atoms with Gasteiger partial charge in [0.2, 0.25) is 5.95 Å². The Morgan fingerprint density at radius 2 is 2.07 bits per heavy atom. The summed E-state index contributed by atoms with van der Waals surface area (Å²) in [5.41, 5.74) is -3.01. The molecule has 1 aromatic heterocycles. The number of H-pyrrole nitrogens is 1. The smallest absolute Gasteiger partial charge is 0.268 e. The molecular weight excluding hydrogens is 223 g/mol. The average molecular weight is 226 g/mol. The van der Waals surface area contributed by atoms with Gasteiger partial charge in [0.05, 0.1) is 11.1 Å². The van der Waals surface area contributed by atoms with Crippen molar-refractivity contribution in [2.24, 2.45) is 0 Å². The van der Waals surface area contributed by atoms with Crippen molar-refractivity contribution in [1.82, 2.24) is 4.98 Å². The Bertz CT molecular complexity index is 429. The van der Waals surface area contributed by atoms with E-state index in [0.717, 1.165) is 0 Å². The van der Waals surface area contributed by atoms with Crippen LogP contribution in [0.4, 0.5) is 13.2 Å². The van der Waals surface area contributed by atoms with E-state index in [1.165, 1.54) is 4.98 Å². The van der Waals surface area contributed by atoms with Crippen molar-refractivity contribution in [3.63, 3.8) is 0 Å². The zero-order valence-electron chi connectivity index (χ0n) is 6.48. The lowest BCUT2D eigenvalue weighted by Crippen LogP contribution is -2.14. The van der Waals surface area contributed by atoms with Crippen LogP contribution in [0.1, 0.15) is 22.3 Å². The van der Waals surface area contributed by atoms with Crippen molar-refractivity contribution < 1.29 is 18.0 Å². The first-order chi connectivity index (χ1) is 6.43. The fraction of sp³-hybridized carbons (Fsp3) is 0.143. The van der Waals surface area contributed by atoms with Gasteiger partial charge in [-0.3, -0.25) is 14.6 Å². The van der Waals surface area contributed by atoms with E-state index in [1.807, 2.05) is 0 Å². The van der Waals surface area contributed by atoms with Crippen LogP contribution in [0, 0.1) is 5.95 Å². The van der Waals surface area contributed by atoms with Gasteiger partial charge in [-0.05, 0) is 11.6 Å². The Morgan fingerprint density at radius 1 is 1.50 bits per heavy atom. The van der Waals surface area contributed by atoms with Gasteiger partial charge in [-0.1, -0.05) is 0 Å². The van der Waals surface area contributed by atoms with Crippen molar-refractivity contribution in [2.75, 3.05) is 0 Å². The van der Waals surface area contributed by atoms with Gasteiger partial charge < -0.3 is 0 Å². The zero-order chi connectivity index (χ0) is 10.9. The van der Waals surface area contributed by atoms with Gasteiger partial charge in [-0.2, -0.15) is 4.39 Å².